The first-order chi connectivity index (χ1) is 12.6. The van der Waals surface area contributed by atoms with E-state index in [1.165, 1.54) is 6.26 Å². The molecule has 0 spiro atoms. The molecule has 1 amide bonds. The quantitative estimate of drug-likeness (QED) is 0.608. The number of amides is 1. The lowest BCUT2D eigenvalue weighted by molar-refractivity contribution is 0.0912. The van der Waals surface area contributed by atoms with Gasteiger partial charge >= 0.3 is 0 Å². The summed E-state index contributed by atoms with van der Waals surface area (Å²) in [7, 11) is 1.96. The van der Waals surface area contributed by atoms with Crippen LogP contribution >= 0.6 is 0 Å². The monoisotopic (exact) mass is 345 g/mol. The third-order valence-corrected chi connectivity index (χ3v) is 4.56. The minimum Gasteiger partial charge on any atom is -0.459 e. The van der Waals surface area contributed by atoms with Crippen LogP contribution in [0.5, 0.6) is 0 Å². The van der Waals surface area contributed by atoms with Crippen molar-refractivity contribution >= 4 is 16.9 Å². The smallest absolute Gasteiger partial charge is 0.288 e. The second-order valence-electron chi connectivity index (χ2n) is 6.27. The number of aromatic nitrogens is 2. The summed E-state index contributed by atoms with van der Waals surface area (Å²) >= 11 is 0. The van der Waals surface area contributed by atoms with E-state index in [9.17, 15) is 4.79 Å². The molecule has 1 atom stereocenters. The third kappa shape index (κ3) is 2.77. The first-order valence-electron chi connectivity index (χ1n) is 8.46. The Hall–Kier alpha value is -3.34. The molecule has 26 heavy (non-hydrogen) atoms. The Morgan fingerprint density at radius 3 is 2.50 bits per heavy atom. The molecule has 2 aromatic heterocycles. The second kappa shape index (κ2) is 6.52. The zero-order valence-corrected chi connectivity index (χ0v) is 14.6. The van der Waals surface area contributed by atoms with Gasteiger partial charge in [-0.15, -0.1) is 0 Å². The molecule has 0 aliphatic heterocycles. The van der Waals surface area contributed by atoms with Gasteiger partial charge in [0.15, 0.2) is 5.76 Å². The number of aryl methyl sites for hydroxylation is 2. The van der Waals surface area contributed by atoms with Crippen molar-refractivity contribution in [2.75, 3.05) is 0 Å². The topological polar surface area (TPSA) is 60.1 Å². The van der Waals surface area contributed by atoms with E-state index >= 15 is 0 Å². The summed E-state index contributed by atoms with van der Waals surface area (Å²) in [5.74, 6) is 0.841. The molecule has 5 nitrogen and oxygen atoms in total. The minimum atomic E-state index is -0.384. The third-order valence-electron chi connectivity index (χ3n) is 4.56. The normalized spacial score (nSPS) is 12.2. The van der Waals surface area contributed by atoms with Crippen LogP contribution in [0.4, 0.5) is 0 Å². The van der Waals surface area contributed by atoms with E-state index in [1.807, 2.05) is 73.1 Å². The average molecular weight is 345 g/mol. The van der Waals surface area contributed by atoms with Crippen molar-refractivity contribution in [3.05, 3.63) is 89.6 Å². The minimum absolute atomic E-state index is 0.256. The predicted molar refractivity (Wildman–Crippen MR) is 99.9 cm³/mol. The molecule has 2 aromatic carbocycles. The summed E-state index contributed by atoms with van der Waals surface area (Å²) in [4.78, 5) is 17.5. The van der Waals surface area contributed by atoms with Crippen LogP contribution in [-0.2, 0) is 7.05 Å². The molecule has 2 heterocycles. The lowest BCUT2D eigenvalue weighted by Gasteiger charge is -2.19. The Bertz CT molecular complexity index is 1060. The summed E-state index contributed by atoms with van der Waals surface area (Å²) in [6.07, 6.45) is 1.52. The standard InChI is InChI=1S/C21H19N3O2/c1-14-12-13-26-19(14)21(25)23-18(15-8-4-3-5-9-15)20-22-16-10-6-7-11-17(16)24(20)2/h3-13,18H,1-2H3,(H,23,25). The molecule has 0 saturated heterocycles. The number of para-hydroxylation sites is 2. The Kier molecular flexibility index (Phi) is 4.05. The maximum Gasteiger partial charge on any atom is 0.288 e. The lowest BCUT2D eigenvalue weighted by atomic mass is 10.1. The number of imidazole rings is 1. The van der Waals surface area contributed by atoms with Crippen molar-refractivity contribution < 1.29 is 9.21 Å². The Balaban J connectivity index is 1.79. The van der Waals surface area contributed by atoms with Crippen molar-refractivity contribution in [2.45, 2.75) is 13.0 Å². The van der Waals surface area contributed by atoms with Gasteiger partial charge in [0.2, 0.25) is 0 Å². The molecule has 4 aromatic rings. The summed E-state index contributed by atoms with van der Waals surface area (Å²) in [6.45, 7) is 1.85. The maximum absolute atomic E-state index is 12.8. The largest absolute Gasteiger partial charge is 0.459 e. The summed E-state index contributed by atoms with van der Waals surface area (Å²) in [5, 5.41) is 3.08. The molecule has 0 saturated carbocycles. The fourth-order valence-corrected chi connectivity index (χ4v) is 3.17. The Morgan fingerprint density at radius 2 is 1.81 bits per heavy atom. The molecule has 0 fully saturated rings. The van der Waals surface area contributed by atoms with Gasteiger partial charge in [-0.2, -0.15) is 0 Å². The Morgan fingerprint density at radius 1 is 1.08 bits per heavy atom. The van der Waals surface area contributed by atoms with Crippen molar-refractivity contribution in [2.24, 2.45) is 7.05 Å². The van der Waals surface area contributed by atoms with E-state index in [-0.39, 0.29) is 11.9 Å². The summed E-state index contributed by atoms with van der Waals surface area (Å²) < 4.78 is 7.36. The number of nitrogens with one attached hydrogen (secondary N) is 1. The fourth-order valence-electron chi connectivity index (χ4n) is 3.17. The molecule has 4 rings (SSSR count). The van der Waals surface area contributed by atoms with Crippen molar-refractivity contribution in [3.63, 3.8) is 0 Å². The molecule has 0 aliphatic rings. The van der Waals surface area contributed by atoms with Gasteiger partial charge < -0.3 is 14.3 Å². The fraction of sp³-hybridized carbons (Fsp3) is 0.143. The highest BCUT2D eigenvalue weighted by Gasteiger charge is 2.24. The highest BCUT2D eigenvalue weighted by molar-refractivity contribution is 5.93. The zero-order valence-electron chi connectivity index (χ0n) is 14.6. The number of nitrogens with zero attached hydrogens (tertiary/aromatic N) is 2. The van der Waals surface area contributed by atoms with Gasteiger partial charge in [0.05, 0.1) is 17.3 Å². The van der Waals surface area contributed by atoms with Crippen molar-refractivity contribution in [3.8, 4) is 0 Å². The maximum atomic E-state index is 12.8. The molecule has 1 unspecified atom stereocenters. The van der Waals surface area contributed by atoms with Gasteiger partial charge in [-0.05, 0) is 30.7 Å². The summed E-state index contributed by atoms with van der Waals surface area (Å²) in [6, 6.07) is 19.2. The highest BCUT2D eigenvalue weighted by Crippen LogP contribution is 2.25. The first kappa shape index (κ1) is 16.1. The zero-order chi connectivity index (χ0) is 18.1. The van der Waals surface area contributed by atoms with Crippen molar-refractivity contribution in [1.29, 1.82) is 0 Å². The van der Waals surface area contributed by atoms with E-state index in [4.69, 9.17) is 9.40 Å². The molecule has 5 heteroatoms. The molecule has 130 valence electrons. The number of furan rings is 1. The van der Waals surface area contributed by atoms with Gasteiger partial charge in [-0.25, -0.2) is 4.98 Å². The molecule has 0 radical (unpaired) electrons. The van der Waals surface area contributed by atoms with E-state index in [0.717, 1.165) is 28.0 Å². The van der Waals surface area contributed by atoms with Gasteiger partial charge in [-0.3, -0.25) is 4.79 Å². The number of fused-ring (bicyclic) bond motifs is 1. The predicted octanol–water partition coefficient (Wildman–Crippen LogP) is 3.99. The van der Waals surface area contributed by atoms with Crippen LogP contribution < -0.4 is 5.32 Å². The number of benzene rings is 2. The van der Waals surface area contributed by atoms with Crippen LogP contribution in [0.2, 0.25) is 0 Å². The number of rotatable bonds is 4. The van der Waals surface area contributed by atoms with Gasteiger partial charge in [0, 0.05) is 12.6 Å². The van der Waals surface area contributed by atoms with E-state index in [0.29, 0.717) is 5.76 Å². The number of carbonyl (C=O) groups is 1. The second-order valence-corrected chi connectivity index (χ2v) is 6.27. The number of carbonyl (C=O) groups excluding carboxylic acids is 1. The Labute approximate surface area is 151 Å². The van der Waals surface area contributed by atoms with Gasteiger partial charge in [0.1, 0.15) is 11.9 Å². The molecular formula is C21H19N3O2. The van der Waals surface area contributed by atoms with Crippen LogP contribution in [0.15, 0.2) is 71.3 Å². The molecule has 0 aliphatic carbocycles. The highest BCUT2D eigenvalue weighted by atomic mass is 16.3. The molecule has 0 bridgehead atoms. The average Bonchev–Trinajstić information content (AvgIpc) is 3.24. The van der Waals surface area contributed by atoms with Crippen LogP contribution in [-0.4, -0.2) is 15.5 Å². The lowest BCUT2D eigenvalue weighted by Crippen LogP contribution is -2.31. The summed E-state index contributed by atoms with van der Waals surface area (Å²) in [5.41, 5.74) is 3.68. The van der Waals surface area contributed by atoms with Gasteiger partial charge in [-0.1, -0.05) is 42.5 Å². The van der Waals surface area contributed by atoms with E-state index in [2.05, 4.69) is 5.32 Å². The number of hydrogen-bond acceptors (Lipinski definition) is 3. The van der Waals surface area contributed by atoms with Gasteiger partial charge in [0.25, 0.3) is 5.91 Å². The van der Waals surface area contributed by atoms with Crippen LogP contribution in [0.3, 0.4) is 0 Å². The first-order valence-corrected chi connectivity index (χ1v) is 8.46. The molecule has 1 N–H and O–H groups in total. The van der Waals surface area contributed by atoms with Crippen LogP contribution in [0.1, 0.15) is 33.5 Å². The van der Waals surface area contributed by atoms with E-state index < -0.39 is 0 Å². The van der Waals surface area contributed by atoms with E-state index in [1.54, 1.807) is 6.07 Å². The number of hydrogen-bond donors (Lipinski definition) is 1. The molecular weight excluding hydrogens is 326 g/mol. The SMILES string of the molecule is Cc1ccoc1C(=O)NC(c1ccccc1)c1nc2ccccc2n1C. The van der Waals surface area contributed by atoms with Crippen LogP contribution in [0, 0.1) is 6.92 Å². The van der Waals surface area contributed by atoms with Crippen LogP contribution in [0.25, 0.3) is 11.0 Å². The van der Waals surface area contributed by atoms with Crippen molar-refractivity contribution in [1.82, 2.24) is 14.9 Å².